The monoisotopic (exact) mass is 343 g/mol. The Labute approximate surface area is 150 Å². The third-order valence-corrected chi connectivity index (χ3v) is 6.66. The molecule has 0 N–H and O–H groups in total. The van der Waals surface area contributed by atoms with E-state index in [2.05, 4.69) is 23.0 Å². The lowest BCUT2D eigenvalue weighted by molar-refractivity contribution is -0.133. The summed E-state index contributed by atoms with van der Waals surface area (Å²) in [4.78, 5) is 21.6. The third-order valence-electron chi connectivity index (χ3n) is 6.66. The lowest BCUT2D eigenvalue weighted by Gasteiger charge is -2.30. The van der Waals surface area contributed by atoms with E-state index in [0.717, 1.165) is 52.0 Å². The van der Waals surface area contributed by atoms with E-state index in [-0.39, 0.29) is 11.3 Å². The van der Waals surface area contributed by atoms with Crippen LogP contribution in [0.15, 0.2) is 24.5 Å². The van der Waals surface area contributed by atoms with Gasteiger partial charge in [-0.1, -0.05) is 6.07 Å². The Bertz CT molecular complexity index is 615. The molecule has 1 spiro atoms. The second-order valence-electron chi connectivity index (χ2n) is 8.21. The molecule has 0 aromatic carbocycles. The van der Waals surface area contributed by atoms with Crippen molar-refractivity contribution in [2.45, 2.75) is 31.7 Å². The fourth-order valence-electron chi connectivity index (χ4n) is 5.03. The summed E-state index contributed by atoms with van der Waals surface area (Å²) < 4.78 is 5.48. The summed E-state index contributed by atoms with van der Waals surface area (Å²) in [6.07, 6.45) is 8.11. The average molecular weight is 343 g/mol. The molecule has 1 aliphatic carbocycles. The van der Waals surface area contributed by atoms with E-state index >= 15 is 0 Å². The Morgan fingerprint density at radius 1 is 1.44 bits per heavy atom. The lowest BCUT2D eigenvalue weighted by Crippen LogP contribution is -2.36. The number of hydrogen-bond donors (Lipinski definition) is 0. The van der Waals surface area contributed by atoms with Gasteiger partial charge >= 0.3 is 0 Å². The zero-order chi connectivity index (χ0) is 17.4. The minimum absolute atomic E-state index is 0.234. The topological polar surface area (TPSA) is 45.7 Å². The SMILES string of the molecule is CN(C[C@@H]1CCN(C)[C@H]1c1cccnc1)C(=O)[C@H]1CC12CCOCC2. The van der Waals surface area contributed by atoms with E-state index in [1.807, 2.05) is 30.4 Å². The van der Waals surface area contributed by atoms with Crippen molar-refractivity contribution in [1.82, 2.24) is 14.8 Å². The number of nitrogens with zero attached hydrogens (tertiary/aromatic N) is 3. The van der Waals surface area contributed by atoms with Gasteiger partial charge in [0.25, 0.3) is 0 Å². The number of hydrogen-bond acceptors (Lipinski definition) is 4. The Hall–Kier alpha value is -1.46. The smallest absolute Gasteiger partial charge is 0.226 e. The van der Waals surface area contributed by atoms with E-state index in [4.69, 9.17) is 4.74 Å². The van der Waals surface area contributed by atoms with E-state index < -0.39 is 0 Å². The Balaban J connectivity index is 1.40. The van der Waals surface area contributed by atoms with Crippen molar-refractivity contribution in [3.63, 3.8) is 0 Å². The molecule has 3 aliphatic rings. The van der Waals surface area contributed by atoms with E-state index in [0.29, 0.717) is 17.9 Å². The van der Waals surface area contributed by atoms with Crippen LogP contribution in [0.3, 0.4) is 0 Å². The standard InChI is InChI=1S/C20H29N3O2/c1-22-9-5-16(18(22)15-4-3-8-21-13-15)14-23(2)19(24)17-12-20(17)6-10-25-11-7-20/h3-4,8,13,16-18H,5-7,9-12,14H2,1-2H3/t16-,17+,18-/m0/s1. The highest BCUT2D eigenvalue weighted by Crippen LogP contribution is 2.59. The Morgan fingerprint density at radius 3 is 2.96 bits per heavy atom. The van der Waals surface area contributed by atoms with Crippen molar-refractivity contribution >= 4 is 5.91 Å². The zero-order valence-corrected chi connectivity index (χ0v) is 15.4. The Kier molecular flexibility index (Phi) is 4.54. The second kappa shape index (κ2) is 6.69. The molecule has 5 nitrogen and oxygen atoms in total. The molecule has 2 saturated heterocycles. The molecule has 3 heterocycles. The number of pyridine rings is 1. The van der Waals surface area contributed by atoms with Crippen LogP contribution >= 0.6 is 0 Å². The van der Waals surface area contributed by atoms with Gasteiger partial charge in [-0.25, -0.2) is 0 Å². The second-order valence-corrected chi connectivity index (χ2v) is 8.21. The number of likely N-dealkylation sites (tertiary alicyclic amines) is 1. The van der Waals surface area contributed by atoms with Crippen molar-refractivity contribution < 1.29 is 9.53 Å². The van der Waals surface area contributed by atoms with Crippen molar-refractivity contribution in [3.8, 4) is 0 Å². The van der Waals surface area contributed by atoms with Crippen molar-refractivity contribution in [3.05, 3.63) is 30.1 Å². The van der Waals surface area contributed by atoms with E-state index in [1.165, 1.54) is 5.56 Å². The first-order chi connectivity index (χ1) is 12.1. The summed E-state index contributed by atoms with van der Waals surface area (Å²) >= 11 is 0. The first kappa shape index (κ1) is 17.0. The number of rotatable bonds is 4. The molecular formula is C20H29N3O2. The maximum absolute atomic E-state index is 13.0. The van der Waals surface area contributed by atoms with Crippen LogP contribution in [0, 0.1) is 17.3 Å². The first-order valence-corrected chi connectivity index (χ1v) is 9.54. The number of amides is 1. The van der Waals surface area contributed by atoms with Gasteiger partial charge in [0.1, 0.15) is 0 Å². The molecule has 3 atom stereocenters. The molecule has 25 heavy (non-hydrogen) atoms. The molecule has 4 rings (SSSR count). The molecule has 1 saturated carbocycles. The Morgan fingerprint density at radius 2 is 2.24 bits per heavy atom. The van der Waals surface area contributed by atoms with Gasteiger partial charge < -0.3 is 9.64 Å². The molecule has 0 bridgehead atoms. The number of carbonyl (C=O) groups is 1. The molecule has 1 aromatic heterocycles. The maximum atomic E-state index is 13.0. The van der Waals surface area contributed by atoms with Crippen LogP contribution in [0.25, 0.3) is 0 Å². The molecule has 136 valence electrons. The highest BCUT2D eigenvalue weighted by atomic mass is 16.5. The summed E-state index contributed by atoms with van der Waals surface area (Å²) in [6, 6.07) is 4.53. The van der Waals surface area contributed by atoms with Crippen LogP contribution in [0.4, 0.5) is 0 Å². The minimum Gasteiger partial charge on any atom is -0.381 e. The van der Waals surface area contributed by atoms with Crippen molar-refractivity contribution in [2.75, 3.05) is 40.4 Å². The van der Waals surface area contributed by atoms with Crippen LogP contribution < -0.4 is 0 Å². The molecule has 5 heteroatoms. The van der Waals surface area contributed by atoms with E-state index in [1.54, 1.807) is 0 Å². The van der Waals surface area contributed by atoms with Crippen LogP contribution in [0.2, 0.25) is 0 Å². The van der Waals surface area contributed by atoms with Crippen LogP contribution in [0.1, 0.15) is 37.3 Å². The van der Waals surface area contributed by atoms with Gasteiger partial charge in [0.15, 0.2) is 0 Å². The van der Waals surface area contributed by atoms with Crippen LogP contribution in [-0.4, -0.2) is 61.1 Å². The molecule has 0 unspecified atom stereocenters. The summed E-state index contributed by atoms with van der Waals surface area (Å²) in [5.41, 5.74) is 1.53. The molecule has 1 amide bonds. The van der Waals surface area contributed by atoms with Gasteiger partial charge in [-0.15, -0.1) is 0 Å². The predicted octanol–water partition coefficient (Wildman–Crippen LogP) is 2.35. The summed E-state index contributed by atoms with van der Waals surface area (Å²) in [5.74, 6) is 1.06. The molecule has 0 radical (unpaired) electrons. The van der Waals surface area contributed by atoms with Crippen LogP contribution in [0.5, 0.6) is 0 Å². The van der Waals surface area contributed by atoms with Gasteiger partial charge in [0.05, 0.1) is 0 Å². The van der Waals surface area contributed by atoms with Crippen molar-refractivity contribution in [1.29, 1.82) is 0 Å². The number of carbonyl (C=O) groups excluding carboxylic acids is 1. The fourth-order valence-corrected chi connectivity index (χ4v) is 5.03. The largest absolute Gasteiger partial charge is 0.381 e. The van der Waals surface area contributed by atoms with Gasteiger partial charge in [-0.05, 0) is 62.2 Å². The van der Waals surface area contributed by atoms with Gasteiger partial charge in [-0.2, -0.15) is 0 Å². The summed E-state index contributed by atoms with van der Waals surface area (Å²) in [6.45, 7) is 3.57. The van der Waals surface area contributed by atoms with Gasteiger partial charge in [-0.3, -0.25) is 14.7 Å². The highest BCUT2D eigenvalue weighted by Gasteiger charge is 2.58. The number of aromatic nitrogens is 1. The molecule has 2 aliphatic heterocycles. The van der Waals surface area contributed by atoms with Gasteiger partial charge in [0.2, 0.25) is 5.91 Å². The fraction of sp³-hybridized carbons (Fsp3) is 0.700. The highest BCUT2D eigenvalue weighted by molar-refractivity contribution is 5.82. The molecule has 3 fully saturated rings. The quantitative estimate of drug-likeness (QED) is 0.842. The third kappa shape index (κ3) is 3.20. The normalized spacial score (nSPS) is 31.2. The lowest BCUT2D eigenvalue weighted by atomic mass is 9.92. The maximum Gasteiger partial charge on any atom is 0.226 e. The molecule has 1 aromatic rings. The first-order valence-electron chi connectivity index (χ1n) is 9.54. The van der Waals surface area contributed by atoms with Crippen LogP contribution in [-0.2, 0) is 9.53 Å². The molecular weight excluding hydrogens is 314 g/mol. The average Bonchev–Trinajstić information content (AvgIpc) is 3.19. The van der Waals surface area contributed by atoms with Gasteiger partial charge in [0, 0.05) is 51.2 Å². The van der Waals surface area contributed by atoms with Crippen molar-refractivity contribution in [2.24, 2.45) is 17.3 Å². The predicted molar refractivity (Wildman–Crippen MR) is 95.9 cm³/mol. The minimum atomic E-state index is 0.234. The summed E-state index contributed by atoms with van der Waals surface area (Å²) in [5, 5.41) is 0. The van der Waals surface area contributed by atoms with E-state index in [9.17, 15) is 4.79 Å². The summed E-state index contributed by atoms with van der Waals surface area (Å²) in [7, 11) is 4.17. The zero-order valence-electron chi connectivity index (χ0n) is 15.4. The number of ether oxygens (including phenoxy) is 1.